The summed E-state index contributed by atoms with van der Waals surface area (Å²) in [6.45, 7) is 1.71. The minimum atomic E-state index is -4.41. The standard InChI is InChI=1S/C13H12F3N3O/c1-8-7-18-12(17-2)19-11(8)20-10-5-3-4-9(6-10)13(14,15)16/h3-7H,1-2H3,(H,17,18,19). The normalized spacial score (nSPS) is 11.2. The number of aromatic nitrogens is 2. The number of halogens is 3. The Bertz CT molecular complexity index is 614. The van der Waals surface area contributed by atoms with Crippen LogP contribution in [0.4, 0.5) is 19.1 Å². The third kappa shape index (κ3) is 3.17. The van der Waals surface area contributed by atoms with Crippen LogP contribution < -0.4 is 10.1 Å². The molecular formula is C13H12F3N3O. The third-order valence-electron chi connectivity index (χ3n) is 2.52. The summed E-state index contributed by atoms with van der Waals surface area (Å²) in [6, 6.07) is 4.64. The van der Waals surface area contributed by atoms with Crippen molar-refractivity contribution in [2.24, 2.45) is 0 Å². The summed E-state index contributed by atoms with van der Waals surface area (Å²) in [5.74, 6) is 0.616. The molecule has 106 valence electrons. The summed E-state index contributed by atoms with van der Waals surface area (Å²) >= 11 is 0. The molecule has 20 heavy (non-hydrogen) atoms. The van der Waals surface area contributed by atoms with Gasteiger partial charge in [-0.15, -0.1) is 0 Å². The largest absolute Gasteiger partial charge is 0.439 e. The van der Waals surface area contributed by atoms with Crippen molar-refractivity contribution < 1.29 is 17.9 Å². The van der Waals surface area contributed by atoms with E-state index in [1.54, 1.807) is 14.0 Å². The smallest absolute Gasteiger partial charge is 0.416 e. The molecule has 0 saturated carbocycles. The lowest BCUT2D eigenvalue weighted by atomic mass is 10.2. The molecule has 7 heteroatoms. The molecule has 1 heterocycles. The molecule has 4 nitrogen and oxygen atoms in total. The molecule has 1 aromatic heterocycles. The van der Waals surface area contributed by atoms with Gasteiger partial charge in [-0.2, -0.15) is 18.2 Å². The second-order valence-electron chi connectivity index (χ2n) is 4.06. The highest BCUT2D eigenvalue weighted by molar-refractivity contribution is 5.37. The molecule has 2 rings (SSSR count). The molecule has 1 N–H and O–H groups in total. The maximum atomic E-state index is 12.6. The van der Waals surface area contributed by atoms with E-state index in [9.17, 15) is 13.2 Å². The van der Waals surface area contributed by atoms with Gasteiger partial charge in [0.15, 0.2) is 0 Å². The first-order valence-corrected chi connectivity index (χ1v) is 5.76. The molecular weight excluding hydrogens is 271 g/mol. The van der Waals surface area contributed by atoms with Crippen LogP contribution in [0.25, 0.3) is 0 Å². The average Bonchev–Trinajstić information content (AvgIpc) is 2.41. The van der Waals surface area contributed by atoms with Gasteiger partial charge in [0.25, 0.3) is 0 Å². The number of ether oxygens (including phenoxy) is 1. The highest BCUT2D eigenvalue weighted by Crippen LogP contribution is 2.32. The van der Waals surface area contributed by atoms with Crippen LogP contribution in [0.15, 0.2) is 30.5 Å². The molecule has 0 aliphatic rings. The van der Waals surface area contributed by atoms with Gasteiger partial charge in [-0.1, -0.05) is 6.07 Å². The van der Waals surface area contributed by atoms with Crippen LogP contribution in [0, 0.1) is 6.92 Å². The summed E-state index contributed by atoms with van der Waals surface area (Å²) in [6.07, 6.45) is -2.88. The van der Waals surface area contributed by atoms with Gasteiger partial charge in [0.1, 0.15) is 5.75 Å². The van der Waals surface area contributed by atoms with Crippen molar-refractivity contribution in [1.82, 2.24) is 9.97 Å². The molecule has 0 radical (unpaired) electrons. The van der Waals surface area contributed by atoms with E-state index in [-0.39, 0.29) is 11.6 Å². The molecule has 0 spiro atoms. The first-order chi connectivity index (χ1) is 9.40. The first kappa shape index (κ1) is 14.1. The maximum absolute atomic E-state index is 12.6. The highest BCUT2D eigenvalue weighted by Gasteiger charge is 2.30. The predicted molar refractivity (Wildman–Crippen MR) is 67.8 cm³/mol. The van der Waals surface area contributed by atoms with Crippen LogP contribution in [0.1, 0.15) is 11.1 Å². The van der Waals surface area contributed by atoms with E-state index in [1.165, 1.54) is 18.3 Å². The van der Waals surface area contributed by atoms with Crippen molar-refractivity contribution in [1.29, 1.82) is 0 Å². The molecule has 0 unspecified atom stereocenters. The van der Waals surface area contributed by atoms with Crippen LogP contribution in [0.2, 0.25) is 0 Å². The summed E-state index contributed by atoms with van der Waals surface area (Å²) in [4.78, 5) is 8.03. The number of hydrogen-bond acceptors (Lipinski definition) is 4. The number of hydrogen-bond donors (Lipinski definition) is 1. The lowest BCUT2D eigenvalue weighted by Crippen LogP contribution is -2.05. The number of aryl methyl sites for hydroxylation is 1. The van der Waals surface area contributed by atoms with E-state index < -0.39 is 11.7 Å². The molecule has 0 aliphatic carbocycles. The van der Waals surface area contributed by atoms with E-state index in [0.29, 0.717) is 11.5 Å². The number of nitrogens with one attached hydrogen (secondary N) is 1. The molecule has 1 aromatic carbocycles. The van der Waals surface area contributed by atoms with Gasteiger partial charge in [-0.05, 0) is 25.1 Å². The Morgan fingerprint density at radius 1 is 1.25 bits per heavy atom. The van der Waals surface area contributed by atoms with Crippen LogP contribution in [-0.4, -0.2) is 17.0 Å². The van der Waals surface area contributed by atoms with Gasteiger partial charge in [-0.25, -0.2) is 4.98 Å². The fourth-order valence-electron chi connectivity index (χ4n) is 1.50. The van der Waals surface area contributed by atoms with Gasteiger partial charge in [0.05, 0.1) is 5.56 Å². The van der Waals surface area contributed by atoms with Crippen LogP contribution >= 0.6 is 0 Å². The van der Waals surface area contributed by atoms with E-state index in [4.69, 9.17) is 4.74 Å². The van der Waals surface area contributed by atoms with Crippen LogP contribution in [-0.2, 0) is 6.18 Å². The molecule has 0 bridgehead atoms. The Hall–Kier alpha value is -2.31. The van der Waals surface area contributed by atoms with Crippen molar-refractivity contribution in [3.8, 4) is 11.6 Å². The Labute approximate surface area is 113 Å². The van der Waals surface area contributed by atoms with Gasteiger partial charge in [-0.3, -0.25) is 0 Å². The van der Waals surface area contributed by atoms with Gasteiger partial charge in [0.2, 0.25) is 11.8 Å². The third-order valence-corrected chi connectivity index (χ3v) is 2.52. The van der Waals surface area contributed by atoms with Crippen molar-refractivity contribution in [3.63, 3.8) is 0 Å². The number of nitrogens with zero attached hydrogens (tertiary/aromatic N) is 2. The molecule has 0 amide bonds. The topological polar surface area (TPSA) is 47.0 Å². The Morgan fingerprint density at radius 2 is 2.00 bits per heavy atom. The molecule has 2 aromatic rings. The van der Waals surface area contributed by atoms with Crippen molar-refractivity contribution >= 4 is 5.95 Å². The number of benzene rings is 1. The quantitative estimate of drug-likeness (QED) is 0.934. The monoisotopic (exact) mass is 283 g/mol. The zero-order valence-electron chi connectivity index (χ0n) is 10.8. The molecule has 0 fully saturated rings. The van der Waals surface area contributed by atoms with Gasteiger partial charge in [0, 0.05) is 18.8 Å². The van der Waals surface area contributed by atoms with Crippen molar-refractivity contribution in [2.75, 3.05) is 12.4 Å². The summed E-state index contributed by atoms with van der Waals surface area (Å²) in [7, 11) is 1.64. The van der Waals surface area contributed by atoms with Crippen LogP contribution in [0.3, 0.4) is 0 Å². The number of alkyl halides is 3. The average molecular weight is 283 g/mol. The lowest BCUT2D eigenvalue weighted by molar-refractivity contribution is -0.137. The van der Waals surface area contributed by atoms with Crippen molar-refractivity contribution in [3.05, 3.63) is 41.6 Å². The lowest BCUT2D eigenvalue weighted by Gasteiger charge is -2.11. The minimum Gasteiger partial charge on any atom is -0.439 e. The summed E-state index contributed by atoms with van der Waals surface area (Å²) in [5, 5.41) is 2.73. The zero-order valence-corrected chi connectivity index (χ0v) is 10.8. The highest BCUT2D eigenvalue weighted by atomic mass is 19.4. The zero-order chi connectivity index (χ0) is 14.8. The van der Waals surface area contributed by atoms with Gasteiger partial charge >= 0.3 is 6.18 Å². The second kappa shape index (κ2) is 5.36. The van der Waals surface area contributed by atoms with E-state index >= 15 is 0 Å². The Kier molecular flexibility index (Phi) is 3.78. The van der Waals surface area contributed by atoms with E-state index in [2.05, 4.69) is 15.3 Å². The van der Waals surface area contributed by atoms with Gasteiger partial charge < -0.3 is 10.1 Å². The SMILES string of the molecule is CNc1ncc(C)c(Oc2cccc(C(F)(F)F)c2)n1. The van der Waals surface area contributed by atoms with E-state index in [1.807, 2.05) is 0 Å². The molecule has 0 saturated heterocycles. The number of anilines is 1. The fraction of sp³-hybridized carbons (Fsp3) is 0.231. The maximum Gasteiger partial charge on any atom is 0.416 e. The summed E-state index contributed by atoms with van der Waals surface area (Å²) < 4.78 is 43.2. The second-order valence-corrected chi connectivity index (χ2v) is 4.06. The minimum absolute atomic E-state index is 0.0729. The predicted octanol–water partition coefficient (Wildman–Crippen LogP) is 3.64. The van der Waals surface area contributed by atoms with Crippen LogP contribution in [0.5, 0.6) is 11.6 Å². The van der Waals surface area contributed by atoms with E-state index in [0.717, 1.165) is 12.1 Å². The first-order valence-electron chi connectivity index (χ1n) is 5.76. The van der Waals surface area contributed by atoms with Crippen molar-refractivity contribution in [2.45, 2.75) is 13.1 Å². The fourth-order valence-corrected chi connectivity index (χ4v) is 1.50. The number of rotatable bonds is 3. The summed E-state index contributed by atoms with van der Waals surface area (Å²) in [5.41, 5.74) is -0.142. The molecule has 0 atom stereocenters. The molecule has 0 aliphatic heterocycles. The Morgan fingerprint density at radius 3 is 2.65 bits per heavy atom. The Balaban J connectivity index is 2.30.